The van der Waals surface area contributed by atoms with Gasteiger partial charge in [-0.25, -0.2) is 0 Å². The lowest BCUT2D eigenvalue weighted by Gasteiger charge is -2.20. The van der Waals surface area contributed by atoms with Crippen LogP contribution >= 0.6 is 11.8 Å². The third kappa shape index (κ3) is 2.98. The number of thioether (sulfide) groups is 1. The number of hydrogen-bond acceptors (Lipinski definition) is 5. The predicted molar refractivity (Wildman–Crippen MR) is 70.2 cm³/mol. The Morgan fingerprint density at radius 3 is 2.41 bits per heavy atom. The van der Waals surface area contributed by atoms with Crippen LogP contribution in [0.2, 0.25) is 0 Å². The Morgan fingerprint density at radius 1 is 1.29 bits per heavy atom. The summed E-state index contributed by atoms with van der Waals surface area (Å²) in [5.41, 5.74) is 0.851. The molecular formula is C12H16N2O2S. The van der Waals surface area contributed by atoms with Crippen LogP contribution in [-0.4, -0.2) is 34.1 Å². The van der Waals surface area contributed by atoms with E-state index in [4.69, 9.17) is 14.7 Å². The maximum atomic E-state index is 8.72. The molecule has 0 radical (unpaired) electrons. The number of benzene rings is 1. The molecule has 92 valence electrons. The number of ether oxygens (including phenoxy) is 2. The van der Waals surface area contributed by atoms with Gasteiger partial charge < -0.3 is 14.4 Å². The van der Waals surface area contributed by atoms with E-state index >= 15 is 0 Å². The van der Waals surface area contributed by atoms with E-state index in [2.05, 4.69) is 6.07 Å². The quantitative estimate of drug-likeness (QED) is 0.594. The van der Waals surface area contributed by atoms with E-state index in [1.807, 2.05) is 30.3 Å². The van der Waals surface area contributed by atoms with Gasteiger partial charge in [0.05, 0.1) is 30.9 Å². The fourth-order valence-corrected chi connectivity index (χ4v) is 2.07. The van der Waals surface area contributed by atoms with Crippen LogP contribution in [0.25, 0.3) is 0 Å². The predicted octanol–water partition coefficient (Wildman–Crippen LogP) is 2.39. The SMILES string of the molecule is COc1cc(N(C)CC#N)c(OC)cc1SC. The number of nitrogens with zero attached hydrogens (tertiary/aromatic N) is 2. The summed E-state index contributed by atoms with van der Waals surface area (Å²) in [6.45, 7) is 0.304. The summed E-state index contributed by atoms with van der Waals surface area (Å²) < 4.78 is 10.7. The Kier molecular flexibility index (Phi) is 4.98. The standard InChI is InChI=1S/C12H16N2O2S/c1-14(6-5-13)9-7-11(16-3)12(17-4)8-10(9)15-2/h7-8H,6H2,1-4H3. The molecule has 5 heteroatoms. The minimum atomic E-state index is 0.304. The van der Waals surface area contributed by atoms with Crippen molar-refractivity contribution in [3.05, 3.63) is 12.1 Å². The van der Waals surface area contributed by atoms with Crippen molar-refractivity contribution in [2.75, 3.05) is 39.0 Å². The molecule has 1 rings (SSSR count). The maximum Gasteiger partial charge on any atom is 0.143 e. The third-order valence-electron chi connectivity index (χ3n) is 2.40. The van der Waals surface area contributed by atoms with Crippen LogP contribution in [-0.2, 0) is 0 Å². The van der Waals surface area contributed by atoms with Crippen LogP contribution < -0.4 is 14.4 Å². The van der Waals surface area contributed by atoms with Crippen molar-refractivity contribution in [1.29, 1.82) is 5.26 Å². The van der Waals surface area contributed by atoms with Gasteiger partial charge in [-0.3, -0.25) is 0 Å². The van der Waals surface area contributed by atoms with Crippen LogP contribution in [0.5, 0.6) is 11.5 Å². The first-order chi connectivity index (χ1) is 8.17. The number of hydrogen-bond donors (Lipinski definition) is 0. The molecule has 0 saturated carbocycles. The molecule has 0 aliphatic carbocycles. The van der Waals surface area contributed by atoms with E-state index in [1.165, 1.54) is 0 Å². The summed E-state index contributed by atoms with van der Waals surface area (Å²) in [4.78, 5) is 2.84. The van der Waals surface area contributed by atoms with Crippen LogP contribution in [0.1, 0.15) is 0 Å². The normalized spacial score (nSPS) is 9.59. The largest absolute Gasteiger partial charge is 0.496 e. The molecule has 1 aromatic rings. The highest BCUT2D eigenvalue weighted by molar-refractivity contribution is 7.98. The lowest BCUT2D eigenvalue weighted by atomic mass is 10.2. The van der Waals surface area contributed by atoms with E-state index in [-0.39, 0.29) is 0 Å². The van der Waals surface area contributed by atoms with Gasteiger partial charge in [0, 0.05) is 13.1 Å². The molecule has 0 saturated heterocycles. The first kappa shape index (κ1) is 13.5. The van der Waals surface area contributed by atoms with Gasteiger partial charge in [0.2, 0.25) is 0 Å². The van der Waals surface area contributed by atoms with E-state index < -0.39 is 0 Å². The summed E-state index contributed by atoms with van der Waals surface area (Å²) in [6.07, 6.45) is 1.98. The summed E-state index contributed by atoms with van der Waals surface area (Å²) in [6, 6.07) is 5.92. The number of anilines is 1. The van der Waals surface area contributed by atoms with Gasteiger partial charge >= 0.3 is 0 Å². The second-order valence-corrected chi connectivity index (χ2v) is 4.24. The van der Waals surface area contributed by atoms with Gasteiger partial charge in [-0.2, -0.15) is 5.26 Å². The number of nitriles is 1. The zero-order chi connectivity index (χ0) is 12.8. The maximum absolute atomic E-state index is 8.72. The molecule has 1 aromatic carbocycles. The fraction of sp³-hybridized carbons (Fsp3) is 0.417. The highest BCUT2D eigenvalue weighted by atomic mass is 32.2. The van der Waals surface area contributed by atoms with Gasteiger partial charge in [-0.05, 0) is 12.3 Å². The smallest absolute Gasteiger partial charge is 0.143 e. The van der Waals surface area contributed by atoms with Gasteiger partial charge in [0.15, 0.2) is 0 Å². The van der Waals surface area contributed by atoms with E-state index in [0.29, 0.717) is 6.54 Å². The topological polar surface area (TPSA) is 45.5 Å². The van der Waals surface area contributed by atoms with E-state index in [9.17, 15) is 0 Å². The molecule has 17 heavy (non-hydrogen) atoms. The van der Waals surface area contributed by atoms with Gasteiger partial charge in [0.25, 0.3) is 0 Å². The van der Waals surface area contributed by atoms with Crippen LogP contribution in [0.15, 0.2) is 17.0 Å². The Labute approximate surface area is 106 Å². The van der Waals surface area contributed by atoms with Crippen molar-refractivity contribution in [2.24, 2.45) is 0 Å². The second-order valence-electron chi connectivity index (χ2n) is 3.39. The average molecular weight is 252 g/mol. The third-order valence-corrected chi connectivity index (χ3v) is 3.16. The molecule has 0 aliphatic heterocycles. The Balaban J connectivity index is 3.24. The molecule has 0 spiro atoms. The molecule has 0 fully saturated rings. The van der Waals surface area contributed by atoms with Crippen molar-refractivity contribution in [3.63, 3.8) is 0 Å². The highest BCUT2D eigenvalue weighted by Crippen LogP contribution is 2.38. The van der Waals surface area contributed by atoms with Gasteiger partial charge in [0.1, 0.15) is 18.0 Å². The van der Waals surface area contributed by atoms with Gasteiger partial charge in [-0.1, -0.05) is 0 Å². The molecular weight excluding hydrogens is 236 g/mol. The molecule has 0 aromatic heterocycles. The Hall–Kier alpha value is -1.54. The Bertz CT molecular complexity index is 429. The highest BCUT2D eigenvalue weighted by Gasteiger charge is 2.13. The minimum absolute atomic E-state index is 0.304. The Morgan fingerprint density at radius 2 is 1.94 bits per heavy atom. The second kappa shape index (κ2) is 6.26. The minimum Gasteiger partial charge on any atom is -0.496 e. The van der Waals surface area contributed by atoms with E-state index in [0.717, 1.165) is 22.1 Å². The molecule has 0 aliphatic rings. The van der Waals surface area contributed by atoms with Crippen LogP contribution in [0.4, 0.5) is 5.69 Å². The molecule has 0 bridgehead atoms. The van der Waals surface area contributed by atoms with Crippen molar-refractivity contribution >= 4 is 17.4 Å². The number of rotatable bonds is 5. The lowest BCUT2D eigenvalue weighted by Crippen LogP contribution is -2.18. The van der Waals surface area contributed by atoms with Crippen molar-refractivity contribution in [2.45, 2.75) is 4.90 Å². The van der Waals surface area contributed by atoms with Crippen molar-refractivity contribution < 1.29 is 9.47 Å². The van der Waals surface area contributed by atoms with Crippen LogP contribution in [0, 0.1) is 11.3 Å². The molecule has 0 heterocycles. The fourth-order valence-electron chi connectivity index (χ4n) is 1.50. The van der Waals surface area contributed by atoms with Crippen molar-refractivity contribution in [3.8, 4) is 17.6 Å². The first-order valence-electron chi connectivity index (χ1n) is 5.06. The molecule has 0 atom stereocenters. The average Bonchev–Trinajstić information content (AvgIpc) is 2.37. The lowest BCUT2D eigenvalue weighted by molar-refractivity contribution is 0.394. The zero-order valence-corrected chi connectivity index (χ0v) is 11.3. The van der Waals surface area contributed by atoms with Gasteiger partial charge in [-0.15, -0.1) is 11.8 Å². The zero-order valence-electron chi connectivity index (χ0n) is 10.5. The molecule has 4 nitrogen and oxygen atoms in total. The monoisotopic (exact) mass is 252 g/mol. The first-order valence-corrected chi connectivity index (χ1v) is 6.28. The van der Waals surface area contributed by atoms with Crippen molar-refractivity contribution in [1.82, 2.24) is 0 Å². The number of methoxy groups -OCH3 is 2. The molecule has 0 amide bonds. The van der Waals surface area contributed by atoms with E-state index in [1.54, 1.807) is 26.0 Å². The summed E-state index contributed by atoms with van der Waals surface area (Å²) in [7, 11) is 5.10. The summed E-state index contributed by atoms with van der Waals surface area (Å²) >= 11 is 1.59. The summed E-state index contributed by atoms with van der Waals surface area (Å²) in [5.74, 6) is 1.53. The molecule has 0 unspecified atom stereocenters. The molecule has 0 N–H and O–H groups in total. The summed E-state index contributed by atoms with van der Waals surface area (Å²) in [5, 5.41) is 8.72. The van der Waals surface area contributed by atoms with Crippen LogP contribution in [0.3, 0.4) is 0 Å².